The molecular formula is C12H16BrF2N. The molecule has 0 radical (unpaired) electrons. The van der Waals surface area contributed by atoms with Gasteiger partial charge in [-0.15, -0.1) is 0 Å². The molecule has 2 atom stereocenters. The molecule has 16 heavy (non-hydrogen) atoms. The summed E-state index contributed by atoms with van der Waals surface area (Å²) in [5, 5.41) is 0. The lowest BCUT2D eigenvalue weighted by molar-refractivity contribution is 0.425. The van der Waals surface area contributed by atoms with Crippen LogP contribution in [0.3, 0.4) is 0 Å². The lowest BCUT2D eigenvalue weighted by Gasteiger charge is -2.19. The summed E-state index contributed by atoms with van der Waals surface area (Å²) in [6.45, 7) is 4.00. The van der Waals surface area contributed by atoms with Gasteiger partial charge in [-0.2, -0.15) is 0 Å². The maximum absolute atomic E-state index is 13.6. The first-order valence-corrected chi connectivity index (χ1v) is 6.14. The third-order valence-electron chi connectivity index (χ3n) is 2.95. The van der Waals surface area contributed by atoms with Crippen molar-refractivity contribution in [1.29, 1.82) is 0 Å². The summed E-state index contributed by atoms with van der Waals surface area (Å²) in [5.74, 6) is -0.823. The first kappa shape index (κ1) is 13.6. The predicted molar refractivity (Wildman–Crippen MR) is 65.2 cm³/mol. The highest BCUT2D eigenvalue weighted by Gasteiger charge is 2.18. The molecule has 0 spiro atoms. The van der Waals surface area contributed by atoms with Crippen molar-refractivity contribution in [3.8, 4) is 0 Å². The molecule has 1 nitrogen and oxygen atoms in total. The summed E-state index contributed by atoms with van der Waals surface area (Å²) in [5.41, 5.74) is 5.97. The van der Waals surface area contributed by atoms with Gasteiger partial charge >= 0.3 is 0 Å². The minimum absolute atomic E-state index is 0.0715. The smallest absolute Gasteiger partial charge is 0.143 e. The monoisotopic (exact) mass is 291 g/mol. The maximum Gasteiger partial charge on any atom is 0.143 e. The van der Waals surface area contributed by atoms with Crippen LogP contribution in [0.4, 0.5) is 8.78 Å². The molecule has 0 saturated carbocycles. The molecule has 0 aliphatic rings. The molecule has 0 fully saturated rings. The molecule has 1 aromatic rings. The molecule has 0 aliphatic heterocycles. The Labute approximate surface area is 103 Å². The number of benzene rings is 1. The van der Waals surface area contributed by atoms with Crippen molar-refractivity contribution in [2.75, 3.05) is 0 Å². The fourth-order valence-corrected chi connectivity index (χ4v) is 1.87. The second kappa shape index (κ2) is 5.73. The maximum atomic E-state index is 13.6. The number of halogens is 3. The second-order valence-electron chi connectivity index (χ2n) is 4.08. The minimum atomic E-state index is -0.543. The van der Waals surface area contributed by atoms with Gasteiger partial charge in [-0.1, -0.05) is 20.3 Å². The molecule has 1 rings (SSSR count). The Balaban J connectivity index is 2.92. The Morgan fingerprint density at radius 1 is 1.38 bits per heavy atom. The van der Waals surface area contributed by atoms with Gasteiger partial charge < -0.3 is 5.73 Å². The van der Waals surface area contributed by atoms with Gasteiger partial charge in [0.15, 0.2) is 0 Å². The Kier molecular flexibility index (Phi) is 4.87. The van der Waals surface area contributed by atoms with E-state index in [9.17, 15) is 8.78 Å². The third-order valence-corrected chi connectivity index (χ3v) is 3.57. The van der Waals surface area contributed by atoms with Crippen LogP contribution >= 0.6 is 15.9 Å². The molecule has 0 saturated heterocycles. The van der Waals surface area contributed by atoms with Crippen LogP contribution in [0.5, 0.6) is 0 Å². The van der Waals surface area contributed by atoms with Gasteiger partial charge in [0.1, 0.15) is 11.6 Å². The molecule has 2 N–H and O–H groups in total. The lowest BCUT2D eigenvalue weighted by Crippen LogP contribution is -2.31. The Bertz CT molecular complexity index is 368. The largest absolute Gasteiger partial charge is 0.327 e. The zero-order valence-corrected chi connectivity index (χ0v) is 11.0. The van der Waals surface area contributed by atoms with E-state index in [1.807, 2.05) is 13.8 Å². The number of hydrogen-bond acceptors (Lipinski definition) is 1. The standard InChI is InChI=1S/C12H16BrF2N/c1-3-7(2)11(16)6-8-10(14)5-4-9(13)12(8)15/h4-5,7,11H,3,6,16H2,1-2H3. The van der Waals surface area contributed by atoms with Crippen molar-refractivity contribution >= 4 is 15.9 Å². The number of hydrogen-bond donors (Lipinski definition) is 1. The third kappa shape index (κ3) is 3.01. The van der Waals surface area contributed by atoms with Gasteiger partial charge in [0.25, 0.3) is 0 Å². The van der Waals surface area contributed by atoms with Crippen LogP contribution in [-0.4, -0.2) is 6.04 Å². The van der Waals surface area contributed by atoms with E-state index in [0.717, 1.165) is 6.42 Å². The van der Waals surface area contributed by atoms with Gasteiger partial charge in [-0.3, -0.25) is 0 Å². The Morgan fingerprint density at radius 2 is 2.00 bits per heavy atom. The molecule has 0 amide bonds. The molecule has 1 aromatic carbocycles. The normalized spacial score (nSPS) is 14.9. The average molecular weight is 292 g/mol. The van der Waals surface area contributed by atoms with Crippen molar-refractivity contribution in [2.45, 2.75) is 32.7 Å². The van der Waals surface area contributed by atoms with Crippen LogP contribution in [0.1, 0.15) is 25.8 Å². The van der Waals surface area contributed by atoms with Crippen molar-refractivity contribution in [3.05, 3.63) is 33.8 Å². The van der Waals surface area contributed by atoms with E-state index < -0.39 is 11.6 Å². The zero-order valence-electron chi connectivity index (χ0n) is 9.43. The van der Waals surface area contributed by atoms with E-state index in [-0.39, 0.29) is 28.4 Å². The Hall–Kier alpha value is -0.480. The van der Waals surface area contributed by atoms with Gasteiger partial charge in [0.05, 0.1) is 4.47 Å². The summed E-state index contributed by atoms with van der Waals surface area (Å²) in [7, 11) is 0. The highest BCUT2D eigenvalue weighted by molar-refractivity contribution is 9.10. The second-order valence-corrected chi connectivity index (χ2v) is 4.93. The fourth-order valence-electron chi connectivity index (χ4n) is 1.50. The van der Waals surface area contributed by atoms with E-state index in [1.165, 1.54) is 12.1 Å². The van der Waals surface area contributed by atoms with Crippen LogP contribution in [0.2, 0.25) is 0 Å². The van der Waals surface area contributed by atoms with E-state index in [1.54, 1.807) is 0 Å². The van der Waals surface area contributed by atoms with Crippen LogP contribution in [0, 0.1) is 17.6 Å². The van der Waals surface area contributed by atoms with E-state index >= 15 is 0 Å². The number of rotatable bonds is 4. The van der Waals surface area contributed by atoms with Crippen molar-refractivity contribution in [2.24, 2.45) is 11.7 Å². The molecule has 0 heterocycles. The van der Waals surface area contributed by atoms with Crippen molar-refractivity contribution in [1.82, 2.24) is 0 Å². The molecular weight excluding hydrogens is 276 g/mol. The average Bonchev–Trinajstić information content (AvgIpc) is 2.28. The minimum Gasteiger partial charge on any atom is -0.327 e. The molecule has 4 heteroatoms. The topological polar surface area (TPSA) is 26.0 Å². The molecule has 2 unspecified atom stereocenters. The van der Waals surface area contributed by atoms with E-state index in [4.69, 9.17) is 5.73 Å². The summed E-state index contributed by atoms with van der Waals surface area (Å²) in [4.78, 5) is 0. The van der Waals surface area contributed by atoms with Crippen LogP contribution in [0.15, 0.2) is 16.6 Å². The fraction of sp³-hybridized carbons (Fsp3) is 0.500. The molecule has 0 aliphatic carbocycles. The predicted octanol–water partition coefficient (Wildman–Crippen LogP) is 3.64. The summed E-state index contributed by atoms with van der Waals surface area (Å²) in [6, 6.07) is 2.40. The molecule has 0 bridgehead atoms. The Morgan fingerprint density at radius 3 is 2.56 bits per heavy atom. The SMILES string of the molecule is CCC(C)C(N)Cc1c(F)ccc(Br)c1F. The quantitative estimate of drug-likeness (QED) is 0.842. The number of nitrogens with two attached hydrogens (primary N) is 1. The van der Waals surface area contributed by atoms with Crippen LogP contribution < -0.4 is 5.73 Å². The van der Waals surface area contributed by atoms with Crippen molar-refractivity contribution < 1.29 is 8.78 Å². The summed E-state index contributed by atoms with van der Waals surface area (Å²) >= 11 is 3.04. The van der Waals surface area contributed by atoms with Gasteiger partial charge in [-0.05, 0) is 40.4 Å². The van der Waals surface area contributed by atoms with E-state index in [0.29, 0.717) is 0 Å². The van der Waals surface area contributed by atoms with Crippen LogP contribution in [0.25, 0.3) is 0 Å². The highest BCUT2D eigenvalue weighted by Crippen LogP contribution is 2.23. The molecule has 90 valence electrons. The highest BCUT2D eigenvalue weighted by atomic mass is 79.9. The van der Waals surface area contributed by atoms with Gasteiger partial charge in [-0.25, -0.2) is 8.78 Å². The first-order valence-electron chi connectivity index (χ1n) is 5.35. The van der Waals surface area contributed by atoms with Crippen LogP contribution in [-0.2, 0) is 6.42 Å². The lowest BCUT2D eigenvalue weighted by atomic mass is 9.93. The van der Waals surface area contributed by atoms with E-state index in [2.05, 4.69) is 15.9 Å². The van der Waals surface area contributed by atoms with Crippen molar-refractivity contribution in [3.63, 3.8) is 0 Å². The molecule has 0 aromatic heterocycles. The van der Waals surface area contributed by atoms with Gasteiger partial charge in [0, 0.05) is 11.6 Å². The first-order chi connectivity index (χ1) is 7.47. The zero-order chi connectivity index (χ0) is 12.3. The summed E-state index contributed by atoms with van der Waals surface area (Å²) in [6.07, 6.45) is 1.13. The summed E-state index contributed by atoms with van der Waals surface area (Å²) < 4.78 is 27.4. The van der Waals surface area contributed by atoms with Gasteiger partial charge in [0.2, 0.25) is 0 Å².